The summed E-state index contributed by atoms with van der Waals surface area (Å²) in [5, 5.41) is 9.65. The zero-order valence-corrected chi connectivity index (χ0v) is 19.0. The zero-order valence-electron chi connectivity index (χ0n) is 18.2. The molecule has 29 heavy (non-hydrogen) atoms. The van der Waals surface area contributed by atoms with Crippen LogP contribution in [0.2, 0.25) is 0 Å². The zero-order chi connectivity index (χ0) is 21.8. The van der Waals surface area contributed by atoms with Crippen molar-refractivity contribution in [3.63, 3.8) is 0 Å². The third kappa shape index (κ3) is 5.93. The van der Waals surface area contributed by atoms with Crippen LogP contribution in [0.15, 0.2) is 23.1 Å². The fraction of sp³-hybridized carbons (Fsp3) is 0.619. The first-order valence-electron chi connectivity index (χ1n) is 9.78. The molecule has 2 rings (SSSR count). The molecule has 1 N–H and O–H groups in total. The summed E-state index contributed by atoms with van der Waals surface area (Å²) in [4.78, 5) is 4.11. The standard InChI is InChI=1S/C21H33N3O4S/c1-16-13-24(17(2)15-25)29(26,27)21-10-9-18(8-7-11-22(3)4)12-19(21)28-20(16)14-23(5)6/h9-10,12,16-17,20,25H,11,13-15H2,1-6H3/t16-,17-,20-/m0/s1. The lowest BCUT2D eigenvalue weighted by atomic mass is 10.0. The number of aliphatic hydroxyl groups is 1. The van der Waals surface area contributed by atoms with Crippen LogP contribution < -0.4 is 4.74 Å². The molecule has 7 nitrogen and oxygen atoms in total. The summed E-state index contributed by atoms with van der Waals surface area (Å²) >= 11 is 0. The Balaban J connectivity index is 2.56. The first-order valence-corrected chi connectivity index (χ1v) is 11.2. The van der Waals surface area contributed by atoms with Crippen LogP contribution in [0.3, 0.4) is 0 Å². The van der Waals surface area contributed by atoms with Gasteiger partial charge in [-0.15, -0.1) is 0 Å². The highest BCUT2D eigenvalue weighted by Gasteiger charge is 2.37. The molecule has 0 unspecified atom stereocenters. The number of hydrogen-bond donors (Lipinski definition) is 1. The Bertz CT molecular complexity index is 858. The number of rotatable bonds is 5. The molecule has 0 aliphatic carbocycles. The fourth-order valence-electron chi connectivity index (χ4n) is 3.18. The maximum Gasteiger partial charge on any atom is 0.247 e. The first-order chi connectivity index (χ1) is 13.6. The monoisotopic (exact) mass is 423 g/mol. The van der Waals surface area contributed by atoms with Gasteiger partial charge < -0.3 is 14.7 Å². The minimum atomic E-state index is -3.81. The quantitative estimate of drug-likeness (QED) is 0.711. The lowest BCUT2D eigenvalue weighted by Gasteiger charge is -2.37. The highest BCUT2D eigenvalue weighted by atomic mass is 32.2. The number of fused-ring (bicyclic) bond motifs is 1. The molecule has 1 aliphatic rings. The number of hydrogen-bond acceptors (Lipinski definition) is 6. The van der Waals surface area contributed by atoms with Crippen LogP contribution in [0.1, 0.15) is 19.4 Å². The third-order valence-corrected chi connectivity index (χ3v) is 6.86. The van der Waals surface area contributed by atoms with E-state index in [0.29, 0.717) is 24.4 Å². The SMILES string of the molecule is C[C@H]1CN([C@@H](C)CO)S(=O)(=O)c2ccc(C#CCN(C)C)cc2O[C@H]1CN(C)C. The van der Waals surface area contributed by atoms with Gasteiger partial charge in [-0.05, 0) is 53.3 Å². The van der Waals surface area contributed by atoms with Crippen LogP contribution in [0.4, 0.5) is 0 Å². The summed E-state index contributed by atoms with van der Waals surface area (Å²) in [5.41, 5.74) is 0.708. The molecule has 0 spiro atoms. The summed E-state index contributed by atoms with van der Waals surface area (Å²) in [7, 11) is 3.99. The molecule has 0 aromatic heterocycles. The lowest BCUT2D eigenvalue weighted by Crippen LogP contribution is -2.49. The predicted octanol–water partition coefficient (Wildman–Crippen LogP) is 0.930. The van der Waals surface area contributed by atoms with Crippen LogP contribution in [-0.2, 0) is 10.0 Å². The summed E-state index contributed by atoms with van der Waals surface area (Å²) in [5.74, 6) is 6.39. The van der Waals surface area contributed by atoms with Crippen molar-refractivity contribution in [2.75, 3.05) is 54.4 Å². The molecule has 0 saturated carbocycles. The average Bonchev–Trinajstić information content (AvgIpc) is 2.63. The third-order valence-electron chi connectivity index (χ3n) is 4.84. The molecular formula is C21H33N3O4S. The van der Waals surface area contributed by atoms with Crippen molar-refractivity contribution in [2.24, 2.45) is 5.92 Å². The van der Waals surface area contributed by atoms with E-state index in [1.807, 2.05) is 44.9 Å². The van der Waals surface area contributed by atoms with E-state index in [-0.39, 0.29) is 30.1 Å². The second-order valence-electron chi connectivity index (χ2n) is 8.20. The molecular weight excluding hydrogens is 390 g/mol. The van der Waals surface area contributed by atoms with Gasteiger partial charge >= 0.3 is 0 Å². The van der Waals surface area contributed by atoms with Gasteiger partial charge in [-0.25, -0.2) is 8.42 Å². The Hall–Kier alpha value is -1.63. The molecule has 0 fully saturated rings. The Morgan fingerprint density at radius 2 is 1.97 bits per heavy atom. The van der Waals surface area contributed by atoms with Gasteiger partial charge in [0.15, 0.2) is 0 Å². The predicted molar refractivity (Wildman–Crippen MR) is 114 cm³/mol. The van der Waals surface area contributed by atoms with Crippen molar-refractivity contribution in [1.29, 1.82) is 0 Å². The van der Waals surface area contributed by atoms with E-state index in [1.54, 1.807) is 25.1 Å². The second-order valence-corrected chi connectivity index (χ2v) is 10.1. The van der Waals surface area contributed by atoms with E-state index < -0.39 is 16.1 Å². The molecule has 0 saturated heterocycles. The average molecular weight is 424 g/mol. The summed E-state index contributed by atoms with van der Waals surface area (Å²) < 4.78 is 34.3. The summed E-state index contributed by atoms with van der Waals surface area (Å²) in [6.07, 6.45) is -0.197. The molecule has 162 valence electrons. The van der Waals surface area contributed by atoms with E-state index >= 15 is 0 Å². The van der Waals surface area contributed by atoms with Crippen LogP contribution in [0, 0.1) is 17.8 Å². The number of sulfonamides is 1. The van der Waals surface area contributed by atoms with Crippen molar-refractivity contribution >= 4 is 10.0 Å². The minimum Gasteiger partial charge on any atom is -0.487 e. The highest BCUT2D eigenvalue weighted by Crippen LogP contribution is 2.34. The maximum atomic E-state index is 13.3. The number of likely N-dealkylation sites (N-methyl/N-ethyl adjacent to an activating group) is 1. The van der Waals surface area contributed by atoms with Gasteiger partial charge in [0.25, 0.3) is 0 Å². The molecule has 1 aromatic carbocycles. The molecule has 0 amide bonds. The van der Waals surface area contributed by atoms with E-state index in [2.05, 4.69) is 11.8 Å². The lowest BCUT2D eigenvalue weighted by molar-refractivity contribution is 0.0812. The van der Waals surface area contributed by atoms with E-state index in [9.17, 15) is 13.5 Å². The molecule has 3 atom stereocenters. The van der Waals surface area contributed by atoms with Gasteiger partial charge in [0, 0.05) is 30.6 Å². The number of nitrogens with zero attached hydrogens (tertiary/aromatic N) is 3. The first kappa shape index (κ1) is 23.6. The van der Waals surface area contributed by atoms with Gasteiger partial charge in [-0.3, -0.25) is 4.90 Å². The van der Waals surface area contributed by atoms with Crippen LogP contribution in [0.25, 0.3) is 0 Å². The molecule has 0 radical (unpaired) electrons. The van der Waals surface area contributed by atoms with Crippen molar-refractivity contribution in [2.45, 2.75) is 30.9 Å². The maximum absolute atomic E-state index is 13.3. The van der Waals surface area contributed by atoms with E-state index in [4.69, 9.17) is 4.74 Å². The number of aliphatic hydroxyl groups excluding tert-OH is 1. The topological polar surface area (TPSA) is 73.3 Å². The van der Waals surface area contributed by atoms with Crippen LogP contribution in [-0.4, -0.2) is 94.2 Å². The number of ether oxygens (including phenoxy) is 1. The Kier molecular flexibility index (Phi) is 8.09. The highest BCUT2D eigenvalue weighted by molar-refractivity contribution is 7.89. The Labute approximate surface area is 175 Å². The molecule has 1 aromatic rings. The molecule has 1 aliphatic heterocycles. The smallest absolute Gasteiger partial charge is 0.247 e. The normalized spacial score (nSPS) is 22.8. The Morgan fingerprint density at radius 1 is 1.28 bits per heavy atom. The van der Waals surface area contributed by atoms with E-state index in [0.717, 1.165) is 0 Å². The van der Waals surface area contributed by atoms with Crippen LogP contribution >= 0.6 is 0 Å². The van der Waals surface area contributed by atoms with Gasteiger partial charge in [-0.1, -0.05) is 18.8 Å². The van der Waals surface area contributed by atoms with Gasteiger partial charge in [0.1, 0.15) is 16.7 Å². The summed E-state index contributed by atoms with van der Waals surface area (Å²) in [6.45, 7) is 5.00. The largest absolute Gasteiger partial charge is 0.487 e. The van der Waals surface area contributed by atoms with Crippen molar-refractivity contribution in [1.82, 2.24) is 14.1 Å². The van der Waals surface area contributed by atoms with Gasteiger partial charge in [0.05, 0.1) is 13.2 Å². The van der Waals surface area contributed by atoms with Crippen molar-refractivity contribution < 1.29 is 18.3 Å². The second kappa shape index (κ2) is 9.92. The van der Waals surface area contributed by atoms with Gasteiger partial charge in [-0.2, -0.15) is 4.31 Å². The fourth-order valence-corrected chi connectivity index (χ4v) is 5.01. The molecule has 8 heteroatoms. The van der Waals surface area contributed by atoms with Gasteiger partial charge in [0.2, 0.25) is 10.0 Å². The van der Waals surface area contributed by atoms with E-state index in [1.165, 1.54) is 4.31 Å². The molecule has 0 bridgehead atoms. The minimum absolute atomic E-state index is 0.0576. The summed E-state index contributed by atoms with van der Waals surface area (Å²) in [6, 6.07) is 4.45. The van der Waals surface area contributed by atoms with Crippen molar-refractivity contribution in [3.05, 3.63) is 23.8 Å². The number of benzene rings is 1. The van der Waals surface area contributed by atoms with Crippen molar-refractivity contribution in [3.8, 4) is 17.6 Å². The molecule has 1 heterocycles. The van der Waals surface area contributed by atoms with Crippen LogP contribution in [0.5, 0.6) is 5.75 Å². The Morgan fingerprint density at radius 3 is 2.55 bits per heavy atom.